The highest BCUT2D eigenvalue weighted by Crippen LogP contribution is 2.14. The molecule has 2 aromatic carbocycles. The van der Waals surface area contributed by atoms with E-state index in [2.05, 4.69) is 44.3 Å². The molecule has 0 saturated carbocycles. The molecule has 2 unspecified atom stereocenters. The number of carbonyl (C=O) groups excluding carboxylic acids is 2. The van der Waals surface area contributed by atoms with Gasteiger partial charge in [-0.15, -0.1) is 0 Å². The maximum Gasteiger partial charge on any atom is 0.184 e. The standard InChI is InChI=1S/C20H23NO.C6H12O/c1-14-7-5-9-18(11-14)16(3)13-21-17(4)20(22)19-10-6-8-15(2)12-19;1-3-6(2)4-5-7/h5-13,17,21H,1-4H3;5-6H,3-4H2,1-2H3/b16-13+;. The Morgan fingerprint density at radius 1 is 1.00 bits per heavy atom. The number of aldehydes is 1. The Balaban J connectivity index is 0.000000516. The molecule has 0 saturated heterocycles. The van der Waals surface area contributed by atoms with Crippen LogP contribution in [0.25, 0.3) is 5.57 Å². The van der Waals surface area contributed by atoms with Crippen molar-refractivity contribution in [3.8, 4) is 0 Å². The fourth-order valence-corrected chi connectivity index (χ4v) is 2.68. The van der Waals surface area contributed by atoms with Gasteiger partial charge in [-0.05, 0) is 50.8 Å². The van der Waals surface area contributed by atoms with Crippen molar-refractivity contribution in [3.05, 3.63) is 77.0 Å². The number of ketones is 1. The van der Waals surface area contributed by atoms with Crippen LogP contribution in [0, 0.1) is 19.8 Å². The third kappa shape index (κ3) is 8.91. The monoisotopic (exact) mass is 393 g/mol. The first-order valence-corrected chi connectivity index (χ1v) is 10.3. The predicted octanol–water partition coefficient (Wildman–Crippen LogP) is 6.15. The largest absolute Gasteiger partial charge is 0.381 e. The molecule has 0 aromatic heterocycles. The van der Waals surface area contributed by atoms with Crippen molar-refractivity contribution < 1.29 is 9.59 Å². The maximum absolute atomic E-state index is 12.4. The molecule has 2 atom stereocenters. The van der Waals surface area contributed by atoms with Crippen molar-refractivity contribution in [3.63, 3.8) is 0 Å². The molecule has 0 aliphatic heterocycles. The Bertz CT molecular complexity index is 823. The van der Waals surface area contributed by atoms with Gasteiger partial charge in [0.25, 0.3) is 0 Å². The molecule has 156 valence electrons. The van der Waals surface area contributed by atoms with Crippen LogP contribution < -0.4 is 5.32 Å². The number of nitrogens with one attached hydrogen (secondary N) is 1. The average Bonchev–Trinajstić information content (AvgIpc) is 2.71. The molecule has 0 spiro atoms. The summed E-state index contributed by atoms with van der Waals surface area (Å²) in [4.78, 5) is 22.2. The van der Waals surface area contributed by atoms with Crippen molar-refractivity contribution in [2.24, 2.45) is 5.92 Å². The normalized spacial score (nSPS) is 13.0. The molecule has 0 amide bonds. The summed E-state index contributed by atoms with van der Waals surface area (Å²) < 4.78 is 0. The van der Waals surface area contributed by atoms with Gasteiger partial charge in [0.15, 0.2) is 5.78 Å². The minimum absolute atomic E-state index is 0.108. The molecule has 3 nitrogen and oxygen atoms in total. The highest BCUT2D eigenvalue weighted by molar-refractivity contribution is 6.00. The SMILES string of the molecule is C/C(=C\NC(C)C(=O)c1cccc(C)c1)c1cccc(C)c1.CCC(C)CC=O. The number of aryl methyl sites for hydroxylation is 2. The highest BCUT2D eigenvalue weighted by Gasteiger charge is 2.13. The second-order valence-electron chi connectivity index (χ2n) is 7.73. The summed E-state index contributed by atoms with van der Waals surface area (Å²) in [5, 5.41) is 3.21. The van der Waals surface area contributed by atoms with E-state index in [-0.39, 0.29) is 11.8 Å². The van der Waals surface area contributed by atoms with Crippen molar-refractivity contribution in [1.82, 2.24) is 5.32 Å². The van der Waals surface area contributed by atoms with Gasteiger partial charge in [-0.3, -0.25) is 4.79 Å². The fourth-order valence-electron chi connectivity index (χ4n) is 2.68. The van der Waals surface area contributed by atoms with Gasteiger partial charge in [-0.25, -0.2) is 0 Å². The first-order chi connectivity index (χ1) is 13.8. The van der Waals surface area contributed by atoms with Gasteiger partial charge < -0.3 is 10.1 Å². The molecule has 2 aromatic rings. The van der Waals surface area contributed by atoms with Gasteiger partial charge in [0, 0.05) is 18.2 Å². The predicted molar refractivity (Wildman–Crippen MR) is 123 cm³/mol. The summed E-state index contributed by atoms with van der Waals surface area (Å²) in [6, 6.07) is 15.8. The summed E-state index contributed by atoms with van der Waals surface area (Å²) in [7, 11) is 0. The van der Waals surface area contributed by atoms with Gasteiger partial charge in [-0.2, -0.15) is 0 Å². The Hall–Kier alpha value is -2.68. The first kappa shape index (κ1) is 24.4. The molecule has 29 heavy (non-hydrogen) atoms. The number of hydrogen-bond acceptors (Lipinski definition) is 3. The topological polar surface area (TPSA) is 46.2 Å². The van der Waals surface area contributed by atoms with Crippen LogP contribution in [0.3, 0.4) is 0 Å². The third-order valence-corrected chi connectivity index (χ3v) is 4.91. The zero-order chi connectivity index (χ0) is 21.8. The van der Waals surface area contributed by atoms with Crippen molar-refractivity contribution >= 4 is 17.6 Å². The minimum Gasteiger partial charge on any atom is -0.381 e. The molecule has 0 aliphatic carbocycles. The number of hydrogen-bond donors (Lipinski definition) is 1. The molecule has 0 aliphatic rings. The van der Waals surface area contributed by atoms with E-state index in [1.54, 1.807) is 0 Å². The zero-order valence-corrected chi connectivity index (χ0v) is 18.7. The van der Waals surface area contributed by atoms with Crippen LogP contribution in [0.15, 0.2) is 54.7 Å². The van der Waals surface area contributed by atoms with Gasteiger partial charge in [0.1, 0.15) is 6.29 Å². The van der Waals surface area contributed by atoms with E-state index < -0.39 is 0 Å². The molecule has 0 bridgehead atoms. The van der Waals surface area contributed by atoms with Crippen LogP contribution in [0.1, 0.15) is 67.6 Å². The Labute approximate surface area is 176 Å². The van der Waals surface area contributed by atoms with E-state index in [0.717, 1.165) is 35.8 Å². The van der Waals surface area contributed by atoms with Gasteiger partial charge >= 0.3 is 0 Å². The quantitative estimate of drug-likeness (QED) is 0.432. The molecular weight excluding hydrogens is 358 g/mol. The molecule has 3 heteroatoms. The van der Waals surface area contributed by atoms with Crippen molar-refractivity contribution in [2.45, 2.75) is 60.4 Å². The van der Waals surface area contributed by atoms with E-state index in [1.165, 1.54) is 11.1 Å². The van der Waals surface area contributed by atoms with Crippen LogP contribution in [-0.2, 0) is 4.79 Å². The third-order valence-electron chi connectivity index (χ3n) is 4.91. The van der Waals surface area contributed by atoms with E-state index in [0.29, 0.717) is 5.92 Å². The summed E-state index contributed by atoms with van der Waals surface area (Å²) >= 11 is 0. The molecule has 2 rings (SSSR count). The Kier molecular flexibility index (Phi) is 10.7. The smallest absolute Gasteiger partial charge is 0.184 e. The van der Waals surface area contributed by atoms with E-state index in [4.69, 9.17) is 0 Å². The second kappa shape index (κ2) is 12.7. The number of benzene rings is 2. The lowest BCUT2D eigenvalue weighted by Crippen LogP contribution is -2.30. The second-order valence-corrected chi connectivity index (χ2v) is 7.73. The van der Waals surface area contributed by atoms with Crippen LogP contribution in [0.2, 0.25) is 0 Å². The number of allylic oxidation sites excluding steroid dienone is 1. The van der Waals surface area contributed by atoms with Gasteiger partial charge in [0.05, 0.1) is 6.04 Å². The summed E-state index contributed by atoms with van der Waals surface area (Å²) in [5.74, 6) is 0.689. The molecule has 0 fully saturated rings. The summed E-state index contributed by atoms with van der Waals surface area (Å²) in [5.41, 5.74) is 5.37. The first-order valence-electron chi connectivity index (χ1n) is 10.3. The fraction of sp³-hybridized carbons (Fsp3) is 0.385. The summed E-state index contributed by atoms with van der Waals surface area (Å²) in [6.07, 6.45) is 4.73. The number of rotatable bonds is 8. The van der Waals surface area contributed by atoms with Crippen LogP contribution >= 0.6 is 0 Å². The Morgan fingerprint density at radius 3 is 2.03 bits per heavy atom. The van der Waals surface area contributed by atoms with Crippen molar-refractivity contribution in [1.29, 1.82) is 0 Å². The zero-order valence-electron chi connectivity index (χ0n) is 18.7. The lowest BCUT2D eigenvalue weighted by atomic mass is 10.0. The van der Waals surface area contributed by atoms with Crippen LogP contribution in [0.5, 0.6) is 0 Å². The van der Waals surface area contributed by atoms with Gasteiger partial charge in [-0.1, -0.05) is 73.9 Å². The minimum atomic E-state index is -0.249. The van der Waals surface area contributed by atoms with E-state index in [1.807, 2.05) is 57.3 Å². The highest BCUT2D eigenvalue weighted by atomic mass is 16.1. The molecule has 0 radical (unpaired) electrons. The maximum atomic E-state index is 12.4. The number of carbonyl (C=O) groups is 2. The average molecular weight is 394 g/mol. The van der Waals surface area contributed by atoms with E-state index >= 15 is 0 Å². The number of Topliss-reactive ketones (excluding diaryl/α,β-unsaturated/α-hetero) is 1. The molecular formula is C26H35NO2. The lowest BCUT2D eigenvalue weighted by Gasteiger charge is -2.12. The van der Waals surface area contributed by atoms with Crippen LogP contribution in [-0.4, -0.2) is 18.1 Å². The lowest BCUT2D eigenvalue weighted by molar-refractivity contribution is -0.108. The Morgan fingerprint density at radius 2 is 1.55 bits per heavy atom. The molecule has 0 heterocycles. The van der Waals surface area contributed by atoms with Crippen LogP contribution in [0.4, 0.5) is 0 Å². The van der Waals surface area contributed by atoms with Gasteiger partial charge in [0.2, 0.25) is 0 Å². The van der Waals surface area contributed by atoms with Crippen molar-refractivity contribution in [2.75, 3.05) is 0 Å². The molecule has 1 N–H and O–H groups in total. The van der Waals surface area contributed by atoms with E-state index in [9.17, 15) is 9.59 Å². The summed E-state index contributed by atoms with van der Waals surface area (Å²) in [6.45, 7) is 12.2.